The number of rotatable bonds is 4. The van der Waals surface area contributed by atoms with E-state index < -0.39 is 12.1 Å². The van der Waals surface area contributed by atoms with Crippen molar-refractivity contribution in [3.05, 3.63) is 54.0 Å². The summed E-state index contributed by atoms with van der Waals surface area (Å²) < 4.78 is 10.1. The summed E-state index contributed by atoms with van der Waals surface area (Å²) in [5.41, 5.74) is 0.976. The van der Waals surface area contributed by atoms with Gasteiger partial charge in [-0.05, 0) is 32.0 Å². The predicted molar refractivity (Wildman–Crippen MR) is 73.4 cm³/mol. The number of anilines is 1. The molecule has 20 heavy (non-hydrogen) atoms. The maximum absolute atomic E-state index is 11.9. The van der Waals surface area contributed by atoms with Crippen LogP contribution in [0.5, 0.6) is 0 Å². The van der Waals surface area contributed by atoms with Crippen LogP contribution in [-0.2, 0) is 9.53 Å². The molecule has 104 valence electrons. The van der Waals surface area contributed by atoms with Gasteiger partial charge >= 0.3 is 5.97 Å². The largest absolute Gasteiger partial charge is 0.469 e. The number of hydrogen-bond donors (Lipinski definition) is 1. The van der Waals surface area contributed by atoms with Crippen molar-refractivity contribution in [1.29, 1.82) is 0 Å². The van der Waals surface area contributed by atoms with Gasteiger partial charge in [-0.3, -0.25) is 4.79 Å². The van der Waals surface area contributed by atoms with Crippen molar-refractivity contribution in [3.8, 4) is 0 Å². The second kappa shape index (κ2) is 6.06. The van der Waals surface area contributed by atoms with E-state index >= 15 is 0 Å². The molecule has 5 nitrogen and oxygen atoms in total. The van der Waals surface area contributed by atoms with Crippen LogP contribution in [0, 0.1) is 6.92 Å². The zero-order valence-electron chi connectivity index (χ0n) is 11.3. The minimum Gasteiger partial charge on any atom is -0.469 e. The molecular formula is C15H15NO4. The van der Waals surface area contributed by atoms with Crippen LogP contribution in [0.15, 0.2) is 47.1 Å². The maximum Gasteiger partial charge on any atom is 0.342 e. The molecule has 2 aromatic rings. The lowest BCUT2D eigenvalue weighted by Crippen LogP contribution is -2.30. The van der Waals surface area contributed by atoms with Gasteiger partial charge in [0.05, 0.1) is 6.26 Å². The number of ether oxygens (including phenoxy) is 1. The molecule has 5 heteroatoms. The Labute approximate surface area is 116 Å². The number of nitrogens with one attached hydrogen (secondary N) is 1. The molecule has 1 heterocycles. The fourth-order valence-corrected chi connectivity index (χ4v) is 1.64. The van der Waals surface area contributed by atoms with Gasteiger partial charge in [0.15, 0.2) is 6.10 Å². The monoisotopic (exact) mass is 273 g/mol. The van der Waals surface area contributed by atoms with Crippen LogP contribution in [-0.4, -0.2) is 18.0 Å². The normalized spacial score (nSPS) is 11.7. The number of amides is 1. The summed E-state index contributed by atoms with van der Waals surface area (Å²) in [7, 11) is 0. The van der Waals surface area contributed by atoms with Crippen LogP contribution >= 0.6 is 0 Å². The SMILES string of the molecule is Cc1occc1C(=O)O[C@H](C)C(=O)Nc1ccccc1. The molecule has 2 rings (SSSR count). The molecule has 0 saturated heterocycles. The Morgan fingerprint density at radius 1 is 1.20 bits per heavy atom. The number of benzene rings is 1. The highest BCUT2D eigenvalue weighted by Crippen LogP contribution is 2.12. The summed E-state index contributed by atoms with van der Waals surface area (Å²) in [4.78, 5) is 23.7. The third-order valence-electron chi connectivity index (χ3n) is 2.77. The smallest absolute Gasteiger partial charge is 0.342 e. The molecule has 0 radical (unpaired) electrons. The van der Waals surface area contributed by atoms with E-state index in [9.17, 15) is 9.59 Å². The fraction of sp³-hybridized carbons (Fsp3) is 0.200. The van der Waals surface area contributed by atoms with E-state index in [1.54, 1.807) is 31.2 Å². The van der Waals surface area contributed by atoms with Crippen molar-refractivity contribution >= 4 is 17.6 Å². The molecule has 0 aliphatic heterocycles. The van der Waals surface area contributed by atoms with E-state index in [4.69, 9.17) is 9.15 Å². The standard InChI is InChI=1S/C15H15NO4/c1-10-13(8-9-19-10)15(18)20-11(2)14(17)16-12-6-4-3-5-7-12/h3-9,11H,1-2H3,(H,16,17)/t11-/m1/s1. The third-order valence-corrected chi connectivity index (χ3v) is 2.77. The van der Waals surface area contributed by atoms with E-state index in [0.29, 0.717) is 17.0 Å². The van der Waals surface area contributed by atoms with Crippen LogP contribution in [0.4, 0.5) is 5.69 Å². The highest BCUT2D eigenvalue weighted by Gasteiger charge is 2.21. The predicted octanol–water partition coefficient (Wildman–Crippen LogP) is 2.77. The van der Waals surface area contributed by atoms with Crippen molar-refractivity contribution in [3.63, 3.8) is 0 Å². The first-order chi connectivity index (χ1) is 9.58. The van der Waals surface area contributed by atoms with Gasteiger partial charge in [-0.1, -0.05) is 18.2 Å². The van der Waals surface area contributed by atoms with E-state index in [1.807, 2.05) is 6.07 Å². The first kappa shape index (κ1) is 13.9. The first-order valence-electron chi connectivity index (χ1n) is 6.19. The van der Waals surface area contributed by atoms with Gasteiger partial charge in [-0.15, -0.1) is 0 Å². The zero-order valence-corrected chi connectivity index (χ0v) is 11.3. The summed E-state index contributed by atoms with van der Waals surface area (Å²) in [6.07, 6.45) is 0.512. The number of aryl methyl sites for hydroxylation is 1. The topological polar surface area (TPSA) is 68.5 Å². The molecule has 0 saturated carbocycles. The van der Waals surface area contributed by atoms with Crippen LogP contribution in [0.3, 0.4) is 0 Å². The lowest BCUT2D eigenvalue weighted by atomic mass is 10.2. The van der Waals surface area contributed by atoms with Gasteiger partial charge in [0.1, 0.15) is 11.3 Å². The number of esters is 1. The summed E-state index contributed by atoms with van der Waals surface area (Å²) >= 11 is 0. The van der Waals surface area contributed by atoms with Crippen LogP contribution in [0.2, 0.25) is 0 Å². The molecule has 1 atom stereocenters. The van der Waals surface area contributed by atoms with Gasteiger partial charge in [-0.25, -0.2) is 4.79 Å². The first-order valence-corrected chi connectivity index (χ1v) is 6.19. The Morgan fingerprint density at radius 3 is 2.50 bits per heavy atom. The summed E-state index contributed by atoms with van der Waals surface area (Å²) in [5.74, 6) is -0.497. The quantitative estimate of drug-likeness (QED) is 0.870. The Bertz CT molecular complexity index is 603. The van der Waals surface area contributed by atoms with Gasteiger partial charge in [0.2, 0.25) is 0 Å². The van der Waals surface area contributed by atoms with E-state index in [1.165, 1.54) is 19.3 Å². The Balaban J connectivity index is 1.95. The summed E-state index contributed by atoms with van der Waals surface area (Å²) in [5, 5.41) is 2.67. The van der Waals surface area contributed by atoms with Crippen molar-refractivity contribution in [2.45, 2.75) is 20.0 Å². The lowest BCUT2D eigenvalue weighted by molar-refractivity contribution is -0.123. The molecular weight excluding hydrogens is 258 g/mol. The number of furan rings is 1. The molecule has 0 fully saturated rings. The molecule has 0 unspecified atom stereocenters. The number of para-hydroxylation sites is 1. The van der Waals surface area contributed by atoms with Crippen molar-refractivity contribution in [2.24, 2.45) is 0 Å². The second-order valence-corrected chi connectivity index (χ2v) is 4.29. The van der Waals surface area contributed by atoms with Crippen LogP contribution in [0.25, 0.3) is 0 Å². The van der Waals surface area contributed by atoms with Crippen molar-refractivity contribution < 1.29 is 18.7 Å². The number of carbonyl (C=O) groups excluding carboxylic acids is 2. The van der Waals surface area contributed by atoms with Crippen LogP contribution < -0.4 is 5.32 Å². The average Bonchev–Trinajstić information content (AvgIpc) is 2.86. The van der Waals surface area contributed by atoms with Crippen molar-refractivity contribution in [2.75, 3.05) is 5.32 Å². The molecule has 1 N–H and O–H groups in total. The Kier molecular flexibility index (Phi) is 4.20. The molecule has 0 aliphatic rings. The van der Waals surface area contributed by atoms with E-state index in [0.717, 1.165) is 0 Å². The summed E-state index contributed by atoms with van der Waals surface area (Å²) in [6, 6.07) is 10.5. The molecule has 0 aliphatic carbocycles. The van der Waals surface area contributed by atoms with Gasteiger partial charge in [-0.2, -0.15) is 0 Å². The minimum absolute atomic E-state index is 0.323. The van der Waals surface area contributed by atoms with Gasteiger partial charge < -0.3 is 14.5 Å². The van der Waals surface area contributed by atoms with Gasteiger partial charge in [0.25, 0.3) is 5.91 Å². The van der Waals surface area contributed by atoms with E-state index in [-0.39, 0.29) is 5.91 Å². The van der Waals surface area contributed by atoms with Crippen LogP contribution in [0.1, 0.15) is 23.0 Å². The third kappa shape index (κ3) is 3.26. The highest BCUT2D eigenvalue weighted by atomic mass is 16.5. The molecule has 0 bridgehead atoms. The van der Waals surface area contributed by atoms with Gasteiger partial charge in [0, 0.05) is 5.69 Å². The lowest BCUT2D eigenvalue weighted by Gasteiger charge is -2.13. The maximum atomic E-state index is 11.9. The van der Waals surface area contributed by atoms with Crippen molar-refractivity contribution in [1.82, 2.24) is 0 Å². The second-order valence-electron chi connectivity index (χ2n) is 4.29. The molecule has 1 aromatic carbocycles. The van der Waals surface area contributed by atoms with E-state index in [2.05, 4.69) is 5.32 Å². The number of hydrogen-bond acceptors (Lipinski definition) is 4. The summed E-state index contributed by atoms with van der Waals surface area (Å²) in [6.45, 7) is 3.18. The average molecular weight is 273 g/mol. The Morgan fingerprint density at radius 2 is 1.90 bits per heavy atom. The Hall–Kier alpha value is -2.56. The molecule has 1 aromatic heterocycles. The molecule has 1 amide bonds. The minimum atomic E-state index is -0.892. The zero-order chi connectivity index (χ0) is 14.5. The number of carbonyl (C=O) groups is 2. The highest BCUT2D eigenvalue weighted by molar-refractivity contribution is 5.97. The molecule has 0 spiro atoms. The fourth-order valence-electron chi connectivity index (χ4n) is 1.64.